The van der Waals surface area contributed by atoms with Gasteiger partial charge in [0.25, 0.3) is 5.88 Å². The standard InChI is InChI=1S/C13H17F3N2O4/c1-8-12(13(14,15)16)18(5-6-21-8)11(19)4-3-9-7-10(20-2)17-22-9/h7-8,12H,3-6H2,1-2H3/t8-,12-/m0/s1. The summed E-state index contributed by atoms with van der Waals surface area (Å²) in [5.74, 6) is 0.0542. The highest BCUT2D eigenvalue weighted by Gasteiger charge is 2.50. The van der Waals surface area contributed by atoms with Gasteiger partial charge in [-0.3, -0.25) is 4.79 Å². The number of alkyl halides is 3. The second-order valence-electron chi connectivity index (χ2n) is 4.99. The van der Waals surface area contributed by atoms with Gasteiger partial charge in [0.2, 0.25) is 5.91 Å². The summed E-state index contributed by atoms with van der Waals surface area (Å²) in [6, 6.07) is -0.422. The summed E-state index contributed by atoms with van der Waals surface area (Å²) in [5, 5.41) is 3.57. The van der Waals surface area contributed by atoms with Gasteiger partial charge in [-0.2, -0.15) is 13.2 Å². The first-order valence-electron chi connectivity index (χ1n) is 6.80. The van der Waals surface area contributed by atoms with Crippen LogP contribution >= 0.6 is 0 Å². The van der Waals surface area contributed by atoms with Gasteiger partial charge in [0.1, 0.15) is 5.76 Å². The lowest BCUT2D eigenvalue weighted by atomic mass is 10.1. The molecule has 0 N–H and O–H groups in total. The molecule has 0 unspecified atom stereocenters. The Hall–Kier alpha value is -1.77. The highest BCUT2D eigenvalue weighted by molar-refractivity contribution is 5.77. The van der Waals surface area contributed by atoms with Crippen molar-refractivity contribution in [3.05, 3.63) is 11.8 Å². The molecular weight excluding hydrogens is 305 g/mol. The Morgan fingerprint density at radius 1 is 1.55 bits per heavy atom. The number of nitrogens with zero attached hydrogens (tertiary/aromatic N) is 2. The molecule has 1 aromatic heterocycles. The van der Waals surface area contributed by atoms with Gasteiger partial charge < -0.3 is 18.9 Å². The van der Waals surface area contributed by atoms with Gasteiger partial charge in [-0.05, 0) is 12.1 Å². The minimum Gasteiger partial charge on any atom is -0.479 e. The molecule has 0 spiro atoms. The van der Waals surface area contributed by atoms with Crippen molar-refractivity contribution in [1.82, 2.24) is 10.1 Å². The maximum absolute atomic E-state index is 13.1. The van der Waals surface area contributed by atoms with Gasteiger partial charge in [0.05, 0.1) is 19.8 Å². The Kier molecular flexibility index (Phi) is 4.94. The van der Waals surface area contributed by atoms with Crippen LogP contribution in [-0.4, -0.2) is 54.5 Å². The van der Waals surface area contributed by atoms with Gasteiger partial charge in [-0.1, -0.05) is 0 Å². The maximum atomic E-state index is 13.1. The van der Waals surface area contributed by atoms with Crippen molar-refractivity contribution in [3.8, 4) is 5.88 Å². The maximum Gasteiger partial charge on any atom is 0.411 e. The molecule has 6 nitrogen and oxygen atoms in total. The molecule has 0 aromatic carbocycles. The second kappa shape index (κ2) is 6.55. The van der Waals surface area contributed by atoms with Crippen LogP contribution in [0, 0.1) is 0 Å². The van der Waals surface area contributed by atoms with Crippen molar-refractivity contribution in [3.63, 3.8) is 0 Å². The van der Waals surface area contributed by atoms with Crippen molar-refractivity contribution in [1.29, 1.82) is 0 Å². The Labute approximate surface area is 125 Å². The molecule has 1 amide bonds. The quantitative estimate of drug-likeness (QED) is 0.846. The average Bonchev–Trinajstić information content (AvgIpc) is 2.91. The number of hydrogen-bond acceptors (Lipinski definition) is 5. The van der Waals surface area contributed by atoms with E-state index in [0.717, 1.165) is 4.90 Å². The first kappa shape index (κ1) is 16.6. The molecule has 0 bridgehead atoms. The fourth-order valence-corrected chi connectivity index (χ4v) is 2.43. The number of aryl methyl sites for hydroxylation is 1. The van der Waals surface area contributed by atoms with Crippen molar-refractivity contribution >= 4 is 5.91 Å². The smallest absolute Gasteiger partial charge is 0.411 e. The highest BCUT2D eigenvalue weighted by Crippen LogP contribution is 2.31. The lowest BCUT2D eigenvalue weighted by Crippen LogP contribution is -2.59. The Bertz CT molecular complexity index is 518. The molecule has 1 aliphatic heterocycles. The number of halogens is 3. The molecule has 1 aliphatic rings. The van der Waals surface area contributed by atoms with E-state index in [1.54, 1.807) is 0 Å². The molecule has 9 heteroatoms. The monoisotopic (exact) mass is 322 g/mol. The topological polar surface area (TPSA) is 64.8 Å². The fraction of sp³-hybridized carbons (Fsp3) is 0.692. The summed E-state index contributed by atoms with van der Waals surface area (Å²) < 4.78 is 54.0. The van der Waals surface area contributed by atoms with E-state index in [1.807, 2.05) is 0 Å². The molecule has 124 valence electrons. The Morgan fingerprint density at radius 2 is 2.27 bits per heavy atom. The minimum absolute atomic E-state index is 0.0763. The lowest BCUT2D eigenvalue weighted by Gasteiger charge is -2.40. The second-order valence-corrected chi connectivity index (χ2v) is 4.99. The SMILES string of the molecule is COc1cc(CCC(=O)N2CCO[C@@H](C)[C@H]2C(F)(F)F)on1. The molecule has 0 radical (unpaired) electrons. The molecule has 22 heavy (non-hydrogen) atoms. The van der Waals surface area contributed by atoms with Crippen LogP contribution in [0.15, 0.2) is 10.6 Å². The van der Waals surface area contributed by atoms with Gasteiger partial charge in [0.15, 0.2) is 6.04 Å². The number of hydrogen-bond donors (Lipinski definition) is 0. The van der Waals surface area contributed by atoms with Gasteiger partial charge >= 0.3 is 6.18 Å². The number of morpholine rings is 1. The highest BCUT2D eigenvalue weighted by atomic mass is 19.4. The summed E-state index contributed by atoms with van der Waals surface area (Å²) in [4.78, 5) is 13.0. The number of aromatic nitrogens is 1. The third-order valence-electron chi connectivity index (χ3n) is 3.48. The van der Waals surface area contributed by atoms with E-state index in [0.29, 0.717) is 5.76 Å². The first-order chi connectivity index (χ1) is 10.3. The summed E-state index contributed by atoms with van der Waals surface area (Å²) in [6.07, 6.45) is -5.54. The van der Waals surface area contributed by atoms with Crippen LogP contribution in [0.3, 0.4) is 0 Å². The summed E-state index contributed by atoms with van der Waals surface area (Å²) >= 11 is 0. The number of ether oxygens (including phenoxy) is 2. The predicted molar refractivity (Wildman–Crippen MR) is 68.3 cm³/mol. The zero-order valence-corrected chi connectivity index (χ0v) is 12.2. The van der Waals surface area contributed by atoms with Gasteiger partial charge in [-0.15, -0.1) is 0 Å². The van der Waals surface area contributed by atoms with Crippen molar-refractivity contribution in [2.45, 2.75) is 38.1 Å². The number of methoxy groups -OCH3 is 1. The van der Waals surface area contributed by atoms with E-state index in [-0.39, 0.29) is 31.9 Å². The average molecular weight is 322 g/mol. The summed E-state index contributed by atoms with van der Waals surface area (Å²) in [7, 11) is 1.41. The third-order valence-corrected chi connectivity index (χ3v) is 3.48. The minimum atomic E-state index is -4.52. The van der Waals surface area contributed by atoms with Crippen molar-refractivity contribution < 1.29 is 32.0 Å². The number of amides is 1. The fourth-order valence-electron chi connectivity index (χ4n) is 2.43. The van der Waals surface area contributed by atoms with Crippen LogP contribution < -0.4 is 4.74 Å². The normalized spacial score (nSPS) is 22.7. The molecule has 1 aromatic rings. The molecule has 1 fully saturated rings. The predicted octanol–water partition coefficient (Wildman–Crippen LogP) is 1.79. The molecular formula is C13H17F3N2O4. The van der Waals surface area contributed by atoms with Crippen LogP contribution in [0.2, 0.25) is 0 Å². The molecule has 2 atom stereocenters. The van der Waals surface area contributed by atoms with E-state index >= 15 is 0 Å². The molecule has 1 saturated heterocycles. The van der Waals surface area contributed by atoms with Crippen LogP contribution in [0.25, 0.3) is 0 Å². The summed E-state index contributed by atoms with van der Waals surface area (Å²) in [6.45, 7) is 1.33. The molecule has 2 rings (SSSR count). The number of rotatable bonds is 4. The van der Waals surface area contributed by atoms with Crippen LogP contribution in [0.1, 0.15) is 19.1 Å². The zero-order valence-electron chi connectivity index (χ0n) is 12.2. The lowest BCUT2D eigenvalue weighted by molar-refractivity contribution is -0.230. The van der Waals surface area contributed by atoms with Crippen molar-refractivity contribution in [2.24, 2.45) is 0 Å². The van der Waals surface area contributed by atoms with Crippen LogP contribution in [-0.2, 0) is 16.0 Å². The Balaban J connectivity index is 2.00. The van der Waals surface area contributed by atoms with Crippen LogP contribution in [0.5, 0.6) is 5.88 Å². The molecule has 0 saturated carbocycles. The van der Waals surface area contributed by atoms with Gasteiger partial charge in [0, 0.05) is 25.5 Å². The largest absolute Gasteiger partial charge is 0.479 e. The van der Waals surface area contributed by atoms with Crippen molar-refractivity contribution in [2.75, 3.05) is 20.3 Å². The third kappa shape index (κ3) is 3.70. The first-order valence-corrected chi connectivity index (χ1v) is 6.80. The van der Waals surface area contributed by atoms with E-state index in [1.165, 1.54) is 20.1 Å². The van der Waals surface area contributed by atoms with E-state index in [2.05, 4.69) is 5.16 Å². The van der Waals surface area contributed by atoms with E-state index < -0.39 is 24.2 Å². The Morgan fingerprint density at radius 3 is 2.86 bits per heavy atom. The van der Waals surface area contributed by atoms with Gasteiger partial charge in [-0.25, -0.2) is 0 Å². The van der Waals surface area contributed by atoms with E-state index in [9.17, 15) is 18.0 Å². The number of carbonyl (C=O) groups is 1. The number of carbonyl (C=O) groups excluding carboxylic acids is 1. The van der Waals surface area contributed by atoms with Crippen LogP contribution in [0.4, 0.5) is 13.2 Å². The van der Waals surface area contributed by atoms with E-state index in [4.69, 9.17) is 14.0 Å². The molecule has 2 heterocycles. The summed E-state index contributed by atoms with van der Waals surface area (Å²) in [5.41, 5.74) is 0. The molecule has 0 aliphatic carbocycles. The zero-order chi connectivity index (χ0) is 16.3.